The maximum absolute atomic E-state index is 13.4. The summed E-state index contributed by atoms with van der Waals surface area (Å²) in [7, 11) is -4.79. The number of nitrogens with two attached hydrogens (primary N) is 1. The zero-order valence-corrected chi connectivity index (χ0v) is 9.53. The molecule has 2 N–H and O–H groups in total. The summed E-state index contributed by atoms with van der Waals surface area (Å²) in [5.41, 5.74) is 0. The van der Waals surface area contributed by atoms with Crippen LogP contribution in [0.25, 0.3) is 0 Å². The van der Waals surface area contributed by atoms with Crippen LogP contribution in [0.15, 0.2) is 4.90 Å². The standard InChI is InChI=1S/C9H7F4NO3S/c10-4-5(11)7(13)9(18(14,15)16)8(6(4)12)17-3-1-2-3/h3H,1-2H2,(H2,14,15,16). The number of benzene rings is 1. The number of halogens is 4. The SMILES string of the molecule is NS(=O)(=O)c1c(F)c(F)c(F)c(F)c1OC1CC1. The van der Waals surface area contributed by atoms with Crippen molar-refractivity contribution in [3.8, 4) is 5.75 Å². The van der Waals surface area contributed by atoms with Gasteiger partial charge in [0.25, 0.3) is 0 Å². The molecule has 0 aromatic heterocycles. The first-order valence-corrected chi connectivity index (χ1v) is 6.33. The third kappa shape index (κ3) is 2.15. The van der Waals surface area contributed by atoms with Crippen molar-refractivity contribution >= 4 is 10.0 Å². The Morgan fingerprint density at radius 1 is 1.00 bits per heavy atom. The molecule has 9 heteroatoms. The number of rotatable bonds is 3. The monoisotopic (exact) mass is 285 g/mol. The summed E-state index contributed by atoms with van der Waals surface area (Å²) < 4.78 is 79.6. The van der Waals surface area contributed by atoms with E-state index in [1.165, 1.54) is 0 Å². The molecule has 2 rings (SSSR count). The first-order chi connectivity index (χ1) is 8.23. The van der Waals surface area contributed by atoms with E-state index in [1.54, 1.807) is 0 Å². The highest BCUT2D eigenvalue weighted by atomic mass is 32.2. The Kier molecular flexibility index (Phi) is 2.98. The van der Waals surface area contributed by atoms with E-state index in [0.717, 1.165) is 0 Å². The molecule has 1 aromatic carbocycles. The van der Waals surface area contributed by atoms with Gasteiger partial charge in [-0.15, -0.1) is 0 Å². The van der Waals surface area contributed by atoms with Gasteiger partial charge in [0.05, 0.1) is 6.10 Å². The zero-order valence-electron chi connectivity index (χ0n) is 8.71. The van der Waals surface area contributed by atoms with Gasteiger partial charge in [0, 0.05) is 0 Å². The molecule has 0 bridgehead atoms. The smallest absolute Gasteiger partial charge is 0.244 e. The van der Waals surface area contributed by atoms with Gasteiger partial charge in [0.1, 0.15) is 0 Å². The van der Waals surface area contributed by atoms with Crippen LogP contribution in [0.5, 0.6) is 5.75 Å². The lowest BCUT2D eigenvalue weighted by Gasteiger charge is -2.12. The summed E-state index contributed by atoms with van der Waals surface area (Å²) in [4.78, 5) is -1.51. The molecule has 4 nitrogen and oxygen atoms in total. The molecule has 18 heavy (non-hydrogen) atoms. The summed E-state index contributed by atoms with van der Waals surface area (Å²) in [6.07, 6.45) is 0.401. The summed E-state index contributed by atoms with van der Waals surface area (Å²) in [6, 6.07) is 0. The molecule has 1 aliphatic rings. The van der Waals surface area contributed by atoms with Gasteiger partial charge < -0.3 is 4.74 Å². The Balaban J connectivity index is 2.74. The maximum atomic E-state index is 13.4. The second kappa shape index (κ2) is 4.09. The van der Waals surface area contributed by atoms with Crippen LogP contribution in [0, 0.1) is 23.3 Å². The summed E-state index contributed by atoms with van der Waals surface area (Å²) in [5, 5.41) is 4.64. The molecule has 0 heterocycles. The molecule has 1 aromatic rings. The molecular formula is C9H7F4NO3S. The largest absolute Gasteiger partial charge is 0.486 e. The van der Waals surface area contributed by atoms with Gasteiger partial charge in [-0.25, -0.2) is 26.7 Å². The van der Waals surface area contributed by atoms with Gasteiger partial charge in [0.15, 0.2) is 22.3 Å². The number of ether oxygens (including phenoxy) is 1. The van der Waals surface area contributed by atoms with Gasteiger partial charge in [-0.3, -0.25) is 0 Å². The van der Waals surface area contributed by atoms with Crippen molar-refractivity contribution in [1.29, 1.82) is 0 Å². The molecule has 0 saturated heterocycles. The zero-order chi connectivity index (χ0) is 13.7. The van der Waals surface area contributed by atoms with Crippen LogP contribution in [0.4, 0.5) is 17.6 Å². The Bertz CT molecular complexity index is 613. The van der Waals surface area contributed by atoms with Crippen molar-refractivity contribution in [3.63, 3.8) is 0 Å². The lowest BCUT2D eigenvalue weighted by molar-refractivity contribution is 0.262. The maximum Gasteiger partial charge on any atom is 0.244 e. The van der Waals surface area contributed by atoms with Crippen molar-refractivity contribution in [2.75, 3.05) is 0 Å². The molecule has 0 aliphatic heterocycles. The van der Waals surface area contributed by atoms with Gasteiger partial charge in [0.2, 0.25) is 21.7 Å². The molecule has 0 radical (unpaired) electrons. The number of hydrogen-bond acceptors (Lipinski definition) is 3. The minimum Gasteiger partial charge on any atom is -0.486 e. The molecule has 1 aliphatic carbocycles. The molecule has 100 valence electrons. The fourth-order valence-corrected chi connectivity index (χ4v) is 2.04. The van der Waals surface area contributed by atoms with E-state index < -0.39 is 50.0 Å². The highest BCUT2D eigenvalue weighted by Crippen LogP contribution is 2.37. The predicted molar refractivity (Wildman–Crippen MR) is 51.3 cm³/mol. The molecule has 0 spiro atoms. The third-order valence-electron chi connectivity index (χ3n) is 2.28. The second-order valence-corrected chi connectivity index (χ2v) is 5.27. The minimum atomic E-state index is -4.79. The highest BCUT2D eigenvalue weighted by Gasteiger charge is 2.35. The van der Waals surface area contributed by atoms with Crippen LogP contribution in [0.1, 0.15) is 12.8 Å². The van der Waals surface area contributed by atoms with Crippen molar-refractivity contribution < 1.29 is 30.7 Å². The predicted octanol–water partition coefficient (Wildman–Crippen LogP) is 1.43. The molecule has 1 saturated carbocycles. The van der Waals surface area contributed by atoms with E-state index in [-0.39, 0.29) is 0 Å². The molecule has 0 atom stereocenters. The van der Waals surface area contributed by atoms with E-state index in [0.29, 0.717) is 12.8 Å². The van der Waals surface area contributed by atoms with Gasteiger partial charge >= 0.3 is 0 Å². The summed E-state index contributed by atoms with van der Waals surface area (Å²) >= 11 is 0. The molecular weight excluding hydrogens is 278 g/mol. The average molecular weight is 285 g/mol. The minimum absolute atomic E-state index is 0.476. The average Bonchev–Trinajstić information content (AvgIpc) is 3.05. The Morgan fingerprint density at radius 3 is 1.94 bits per heavy atom. The third-order valence-corrected chi connectivity index (χ3v) is 3.21. The van der Waals surface area contributed by atoms with Crippen LogP contribution < -0.4 is 9.88 Å². The van der Waals surface area contributed by atoms with Crippen LogP contribution in [-0.2, 0) is 10.0 Å². The van der Waals surface area contributed by atoms with Gasteiger partial charge in [-0.1, -0.05) is 0 Å². The molecule has 0 amide bonds. The van der Waals surface area contributed by atoms with Crippen LogP contribution in [0.3, 0.4) is 0 Å². The second-order valence-electron chi connectivity index (χ2n) is 3.78. The van der Waals surface area contributed by atoms with Crippen LogP contribution in [0.2, 0.25) is 0 Å². The quantitative estimate of drug-likeness (QED) is 0.519. The van der Waals surface area contributed by atoms with E-state index in [9.17, 15) is 26.0 Å². The van der Waals surface area contributed by atoms with Crippen molar-refractivity contribution in [3.05, 3.63) is 23.3 Å². The van der Waals surface area contributed by atoms with Gasteiger partial charge in [-0.05, 0) is 12.8 Å². The van der Waals surface area contributed by atoms with Crippen molar-refractivity contribution in [2.24, 2.45) is 5.14 Å². The number of sulfonamides is 1. The lowest BCUT2D eigenvalue weighted by Crippen LogP contribution is -2.19. The molecule has 1 fully saturated rings. The number of primary sulfonamides is 1. The normalized spacial score (nSPS) is 15.8. The van der Waals surface area contributed by atoms with Gasteiger partial charge in [-0.2, -0.15) is 4.39 Å². The van der Waals surface area contributed by atoms with Crippen LogP contribution >= 0.6 is 0 Å². The summed E-state index contributed by atoms with van der Waals surface area (Å²) in [6.45, 7) is 0. The molecule has 0 unspecified atom stereocenters. The fraction of sp³-hybridized carbons (Fsp3) is 0.333. The summed E-state index contributed by atoms with van der Waals surface area (Å²) in [5.74, 6) is -9.61. The Morgan fingerprint density at radius 2 is 1.50 bits per heavy atom. The highest BCUT2D eigenvalue weighted by molar-refractivity contribution is 7.89. The van der Waals surface area contributed by atoms with E-state index in [1.807, 2.05) is 0 Å². The van der Waals surface area contributed by atoms with Crippen LogP contribution in [-0.4, -0.2) is 14.5 Å². The lowest BCUT2D eigenvalue weighted by atomic mass is 10.3. The fourth-order valence-electron chi connectivity index (χ4n) is 1.30. The first kappa shape index (κ1) is 13.1. The Hall–Kier alpha value is -1.35. The van der Waals surface area contributed by atoms with Crippen molar-refractivity contribution in [1.82, 2.24) is 0 Å². The van der Waals surface area contributed by atoms with E-state index in [4.69, 9.17) is 4.74 Å². The van der Waals surface area contributed by atoms with E-state index >= 15 is 0 Å². The topological polar surface area (TPSA) is 69.4 Å². The number of hydrogen-bond donors (Lipinski definition) is 1. The first-order valence-electron chi connectivity index (χ1n) is 4.79. The Labute approximate surface area is 99.4 Å². The van der Waals surface area contributed by atoms with E-state index in [2.05, 4.69) is 5.14 Å². The van der Waals surface area contributed by atoms with Crippen molar-refractivity contribution in [2.45, 2.75) is 23.8 Å².